The van der Waals surface area contributed by atoms with Crippen molar-refractivity contribution in [2.45, 2.75) is 0 Å². The minimum absolute atomic E-state index is 0.483. The molecule has 0 amide bonds. The number of thiophene rings is 1. The predicted octanol–water partition coefficient (Wildman–Crippen LogP) is 4.00. The van der Waals surface area contributed by atoms with Crippen LogP contribution in [0.25, 0.3) is 38.4 Å². The second-order valence-electron chi connectivity index (χ2n) is 5.69. The topological polar surface area (TPSA) is 69.4 Å². The van der Waals surface area contributed by atoms with E-state index in [-0.39, 0.29) is 0 Å². The Balaban J connectivity index is 1.57. The fourth-order valence-corrected chi connectivity index (χ4v) is 3.76. The SMILES string of the molecule is c1ccc(-c2nnn(-c3cncc(-c4cccc5ccsc45)c3)n2)nc1. The van der Waals surface area contributed by atoms with Gasteiger partial charge in [0.05, 0.1) is 6.20 Å². The molecule has 4 heterocycles. The third-order valence-corrected chi connectivity index (χ3v) is 5.02. The highest BCUT2D eigenvalue weighted by molar-refractivity contribution is 7.17. The molecular weight excluding hydrogens is 344 g/mol. The highest BCUT2D eigenvalue weighted by Crippen LogP contribution is 2.32. The lowest BCUT2D eigenvalue weighted by Crippen LogP contribution is -2.00. The van der Waals surface area contributed by atoms with Crippen LogP contribution in [0.3, 0.4) is 0 Å². The second-order valence-corrected chi connectivity index (χ2v) is 6.61. The third-order valence-electron chi connectivity index (χ3n) is 4.05. The van der Waals surface area contributed by atoms with Gasteiger partial charge in [-0.1, -0.05) is 24.3 Å². The van der Waals surface area contributed by atoms with Crippen LogP contribution >= 0.6 is 11.3 Å². The van der Waals surface area contributed by atoms with Gasteiger partial charge >= 0.3 is 0 Å². The van der Waals surface area contributed by atoms with Gasteiger partial charge in [-0.2, -0.15) is 0 Å². The zero-order chi connectivity index (χ0) is 17.3. The van der Waals surface area contributed by atoms with Crippen LogP contribution in [0.2, 0.25) is 0 Å². The molecule has 6 nitrogen and oxygen atoms in total. The molecule has 5 aromatic rings. The number of nitrogens with zero attached hydrogens (tertiary/aromatic N) is 6. The van der Waals surface area contributed by atoms with E-state index < -0.39 is 0 Å². The molecule has 0 N–H and O–H groups in total. The van der Waals surface area contributed by atoms with Crippen LogP contribution in [-0.4, -0.2) is 30.2 Å². The molecule has 0 spiro atoms. The summed E-state index contributed by atoms with van der Waals surface area (Å²) in [5, 5.41) is 16.0. The predicted molar refractivity (Wildman–Crippen MR) is 101 cm³/mol. The van der Waals surface area contributed by atoms with Crippen molar-refractivity contribution < 1.29 is 0 Å². The normalized spacial score (nSPS) is 11.1. The standard InChI is InChI=1S/C19H12N6S/c1-2-8-21-17(6-1)19-22-24-25(23-19)15-10-14(11-20-12-15)16-5-3-4-13-7-9-26-18(13)16/h1-12H. The summed E-state index contributed by atoms with van der Waals surface area (Å²) in [6, 6.07) is 16.0. The molecule has 0 radical (unpaired) electrons. The molecule has 0 aliphatic carbocycles. The van der Waals surface area contributed by atoms with Crippen molar-refractivity contribution in [1.82, 2.24) is 30.2 Å². The smallest absolute Gasteiger partial charge is 0.223 e. The van der Waals surface area contributed by atoms with E-state index in [0.29, 0.717) is 11.5 Å². The Morgan fingerprint density at radius 2 is 1.96 bits per heavy atom. The molecule has 4 aromatic heterocycles. The van der Waals surface area contributed by atoms with Crippen LogP contribution in [0.5, 0.6) is 0 Å². The van der Waals surface area contributed by atoms with Crippen LogP contribution in [-0.2, 0) is 0 Å². The Hall–Kier alpha value is -3.45. The van der Waals surface area contributed by atoms with Crippen molar-refractivity contribution in [2.24, 2.45) is 0 Å². The molecule has 7 heteroatoms. The van der Waals surface area contributed by atoms with Crippen LogP contribution in [0.4, 0.5) is 0 Å². The summed E-state index contributed by atoms with van der Waals surface area (Å²) in [6.07, 6.45) is 5.29. The minimum Gasteiger partial charge on any atom is -0.262 e. The summed E-state index contributed by atoms with van der Waals surface area (Å²) in [5.74, 6) is 0.483. The van der Waals surface area contributed by atoms with E-state index in [0.717, 1.165) is 16.8 Å². The molecule has 0 saturated heterocycles. The maximum Gasteiger partial charge on any atom is 0.223 e. The van der Waals surface area contributed by atoms with Crippen molar-refractivity contribution in [3.05, 3.63) is 72.5 Å². The molecule has 26 heavy (non-hydrogen) atoms. The average Bonchev–Trinajstić information content (AvgIpc) is 3.38. The van der Waals surface area contributed by atoms with Crippen LogP contribution < -0.4 is 0 Å². The molecule has 0 bridgehead atoms. The molecule has 124 valence electrons. The summed E-state index contributed by atoms with van der Waals surface area (Å²) in [6.45, 7) is 0. The average molecular weight is 356 g/mol. The molecule has 1 aromatic carbocycles. The summed E-state index contributed by atoms with van der Waals surface area (Å²) in [4.78, 5) is 10.1. The second kappa shape index (κ2) is 6.12. The van der Waals surface area contributed by atoms with Gasteiger partial charge < -0.3 is 0 Å². The van der Waals surface area contributed by atoms with Crippen LogP contribution in [0, 0.1) is 0 Å². The van der Waals surface area contributed by atoms with Gasteiger partial charge in [-0.15, -0.1) is 26.3 Å². The first-order valence-electron chi connectivity index (χ1n) is 8.02. The van der Waals surface area contributed by atoms with Gasteiger partial charge in [0.25, 0.3) is 0 Å². The molecule has 0 fully saturated rings. The zero-order valence-corrected chi connectivity index (χ0v) is 14.3. The number of hydrogen-bond donors (Lipinski definition) is 0. The van der Waals surface area contributed by atoms with Crippen LogP contribution in [0.1, 0.15) is 0 Å². The van der Waals surface area contributed by atoms with E-state index in [2.05, 4.69) is 55.0 Å². The van der Waals surface area contributed by atoms with Gasteiger partial charge in [-0.3, -0.25) is 9.97 Å². The van der Waals surface area contributed by atoms with Crippen molar-refractivity contribution in [3.8, 4) is 28.3 Å². The maximum absolute atomic E-state index is 4.43. The lowest BCUT2D eigenvalue weighted by molar-refractivity contribution is 0.717. The van der Waals surface area contributed by atoms with E-state index >= 15 is 0 Å². The van der Waals surface area contributed by atoms with Crippen molar-refractivity contribution in [3.63, 3.8) is 0 Å². The monoisotopic (exact) mass is 356 g/mol. The van der Waals surface area contributed by atoms with Gasteiger partial charge in [-0.25, -0.2) is 0 Å². The fourth-order valence-electron chi connectivity index (χ4n) is 2.83. The van der Waals surface area contributed by atoms with Gasteiger partial charge in [-0.05, 0) is 40.2 Å². The number of benzene rings is 1. The number of pyridine rings is 2. The van der Waals surface area contributed by atoms with Crippen LogP contribution in [0.15, 0.2) is 72.5 Å². The van der Waals surface area contributed by atoms with Gasteiger partial charge in [0.1, 0.15) is 11.4 Å². The number of hydrogen-bond acceptors (Lipinski definition) is 6. The van der Waals surface area contributed by atoms with E-state index in [4.69, 9.17) is 0 Å². The van der Waals surface area contributed by atoms with E-state index in [9.17, 15) is 0 Å². The fraction of sp³-hybridized carbons (Fsp3) is 0. The Bertz CT molecular complexity index is 1190. The number of aromatic nitrogens is 6. The summed E-state index contributed by atoms with van der Waals surface area (Å²) in [7, 11) is 0. The molecule has 0 aliphatic heterocycles. The molecule has 0 aliphatic rings. The molecule has 0 atom stereocenters. The largest absolute Gasteiger partial charge is 0.262 e. The molecule has 5 rings (SSSR count). The first kappa shape index (κ1) is 14.9. The third kappa shape index (κ3) is 2.55. The first-order chi connectivity index (χ1) is 12.9. The quantitative estimate of drug-likeness (QED) is 0.489. The van der Waals surface area contributed by atoms with Crippen molar-refractivity contribution in [2.75, 3.05) is 0 Å². The Labute approximate surface area is 152 Å². The number of tetrazole rings is 1. The highest BCUT2D eigenvalue weighted by Gasteiger charge is 2.11. The van der Waals surface area contributed by atoms with Gasteiger partial charge in [0.15, 0.2) is 0 Å². The van der Waals surface area contributed by atoms with E-state index in [1.807, 2.05) is 30.5 Å². The lowest BCUT2D eigenvalue weighted by atomic mass is 10.1. The number of fused-ring (bicyclic) bond motifs is 1. The lowest BCUT2D eigenvalue weighted by Gasteiger charge is -2.05. The van der Waals surface area contributed by atoms with Crippen molar-refractivity contribution >= 4 is 21.4 Å². The van der Waals surface area contributed by atoms with Gasteiger partial charge in [0.2, 0.25) is 5.82 Å². The maximum atomic E-state index is 4.43. The molecule has 0 saturated carbocycles. The van der Waals surface area contributed by atoms with Gasteiger partial charge in [0, 0.05) is 28.2 Å². The Kier molecular flexibility index (Phi) is 3.50. The van der Waals surface area contributed by atoms with E-state index in [1.165, 1.54) is 14.9 Å². The Morgan fingerprint density at radius 1 is 0.962 bits per heavy atom. The molecular formula is C19H12N6S. The minimum atomic E-state index is 0.483. The summed E-state index contributed by atoms with van der Waals surface area (Å²) >= 11 is 1.73. The van der Waals surface area contributed by atoms with E-state index in [1.54, 1.807) is 23.7 Å². The summed E-state index contributed by atoms with van der Waals surface area (Å²) < 4.78 is 1.24. The van der Waals surface area contributed by atoms with Crippen molar-refractivity contribution in [1.29, 1.82) is 0 Å². The zero-order valence-electron chi connectivity index (χ0n) is 13.5. The molecule has 0 unspecified atom stereocenters. The summed E-state index contributed by atoms with van der Waals surface area (Å²) in [5.41, 5.74) is 3.61. The highest BCUT2D eigenvalue weighted by atomic mass is 32.1. The number of rotatable bonds is 3. The Morgan fingerprint density at radius 3 is 2.88 bits per heavy atom. The first-order valence-corrected chi connectivity index (χ1v) is 8.90.